The van der Waals surface area contributed by atoms with E-state index in [0.29, 0.717) is 0 Å². The quantitative estimate of drug-likeness (QED) is 0.344. The Morgan fingerprint density at radius 1 is 0.744 bits per heavy atom. The summed E-state index contributed by atoms with van der Waals surface area (Å²) in [7, 11) is 1.68. The highest BCUT2D eigenvalue weighted by Crippen LogP contribution is 2.90. The third kappa shape index (κ3) is 2.20. The molecule has 8 rings (SSSR count). The Hall–Kier alpha value is -3.95. The topological polar surface area (TPSA) is 46.5 Å². The van der Waals surface area contributed by atoms with Crippen molar-refractivity contribution in [3.05, 3.63) is 137 Å². The molecular weight excluding hydrogens is 480 g/mol. The highest BCUT2D eigenvalue weighted by molar-refractivity contribution is 6.17. The predicted molar refractivity (Wildman–Crippen MR) is 152 cm³/mol. The van der Waals surface area contributed by atoms with Gasteiger partial charge in [0, 0.05) is 22.2 Å². The van der Waals surface area contributed by atoms with Crippen LogP contribution >= 0.6 is 0 Å². The number of hydrogen-bond acceptors (Lipinski definition) is 3. The number of hydrogen-bond donors (Lipinski definition) is 1. The van der Waals surface area contributed by atoms with Gasteiger partial charge in [0.25, 0.3) is 0 Å². The summed E-state index contributed by atoms with van der Waals surface area (Å²) in [6.07, 6.45) is 0. The molecule has 0 radical (unpaired) electrons. The zero-order chi connectivity index (χ0) is 26.8. The van der Waals surface area contributed by atoms with E-state index in [1.54, 1.807) is 7.11 Å². The zero-order valence-electron chi connectivity index (χ0n) is 22.3. The molecule has 0 heterocycles. The number of carbonyl (C=O) groups is 1. The monoisotopic (exact) mass is 510 g/mol. The van der Waals surface area contributed by atoms with E-state index >= 15 is 4.79 Å². The minimum atomic E-state index is -1.30. The van der Waals surface area contributed by atoms with Crippen LogP contribution in [-0.2, 0) is 15.6 Å². The maximum absolute atomic E-state index is 15.0. The number of fused-ring (bicyclic) bond motifs is 3. The highest BCUT2D eigenvalue weighted by Gasteiger charge is 2.95. The molecule has 3 nitrogen and oxygen atoms in total. The molecule has 3 heteroatoms. The first-order valence-corrected chi connectivity index (χ1v) is 13.7. The number of ketones is 1. The Balaban J connectivity index is 1.57. The van der Waals surface area contributed by atoms with E-state index in [9.17, 15) is 5.11 Å². The summed E-state index contributed by atoms with van der Waals surface area (Å²) in [4.78, 5) is 15.0. The molecule has 0 amide bonds. The van der Waals surface area contributed by atoms with Crippen LogP contribution in [0.3, 0.4) is 0 Å². The van der Waals surface area contributed by atoms with E-state index < -0.39 is 27.8 Å². The lowest BCUT2D eigenvalue weighted by molar-refractivity contribution is -0.139. The van der Waals surface area contributed by atoms with E-state index in [1.807, 2.05) is 60.7 Å². The summed E-state index contributed by atoms with van der Waals surface area (Å²) in [5, 5.41) is 13.7. The van der Waals surface area contributed by atoms with Gasteiger partial charge in [-0.05, 0) is 51.1 Å². The third-order valence-electron chi connectivity index (χ3n) is 10.9. The first-order chi connectivity index (χ1) is 18.9. The van der Waals surface area contributed by atoms with Gasteiger partial charge in [-0.3, -0.25) is 4.79 Å². The van der Waals surface area contributed by atoms with Gasteiger partial charge >= 0.3 is 0 Å². The molecule has 0 saturated heterocycles. The number of benzene rings is 4. The Kier molecular flexibility index (Phi) is 4.22. The second kappa shape index (κ2) is 7.16. The summed E-state index contributed by atoms with van der Waals surface area (Å²) >= 11 is 0. The van der Waals surface area contributed by atoms with E-state index in [2.05, 4.69) is 62.4 Å². The minimum absolute atomic E-state index is 0.230. The van der Waals surface area contributed by atoms with Gasteiger partial charge in [0.2, 0.25) is 0 Å². The van der Waals surface area contributed by atoms with Crippen LogP contribution in [-0.4, -0.2) is 23.6 Å². The molecule has 4 aromatic carbocycles. The number of allylic oxidation sites excluding steroid dienone is 1. The molecule has 4 aliphatic carbocycles. The Labute approximate surface area is 228 Å². The number of aliphatic hydroxyl groups is 1. The van der Waals surface area contributed by atoms with E-state index in [1.165, 1.54) is 0 Å². The lowest BCUT2D eigenvalue weighted by Crippen LogP contribution is -2.63. The van der Waals surface area contributed by atoms with Crippen LogP contribution in [0.15, 0.2) is 109 Å². The van der Waals surface area contributed by atoms with Gasteiger partial charge < -0.3 is 9.84 Å². The lowest BCUT2D eigenvalue weighted by atomic mass is 9.49. The number of ether oxygens (including phenoxy) is 1. The molecule has 0 aromatic heterocycles. The second-order valence-electron chi connectivity index (χ2n) is 12.0. The fourth-order valence-corrected chi connectivity index (χ4v) is 9.53. The lowest BCUT2D eigenvalue weighted by Gasteiger charge is -2.56. The Bertz CT molecular complexity index is 1710. The van der Waals surface area contributed by atoms with Crippen molar-refractivity contribution >= 4 is 16.9 Å². The van der Waals surface area contributed by atoms with E-state index in [0.717, 1.165) is 44.7 Å². The normalized spacial score (nSPS) is 35.0. The van der Waals surface area contributed by atoms with Gasteiger partial charge in [-0.15, -0.1) is 0 Å². The number of Topliss-reactive ketones (excluding diaryl/α,β-unsaturated/α-hetero) is 1. The van der Waals surface area contributed by atoms with Gasteiger partial charge in [-0.25, -0.2) is 0 Å². The molecule has 2 fully saturated rings. The van der Waals surface area contributed by atoms with Gasteiger partial charge in [0.15, 0.2) is 0 Å². The zero-order valence-corrected chi connectivity index (χ0v) is 22.3. The van der Waals surface area contributed by atoms with Crippen molar-refractivity contribution in [1.29, 1.82) is 0 Å². The first-order valence-electron chi connectivity index (χ1n) is 13.7. The standard InChI is InChI=1S/C36H30O3/c1-33-27-21-25(39-3)19-20-26(27)35(24-17-11-6-12-18-24)32-31(37)30(33)28(22-13-7-4-8-14-22)29(23-15-9-5-10-16-23)36(33,38)34(32,35)2/h4-21,30,32,38H,1-3H3/t30-,32-,33-,34+,35-,36+/m0/s1. The first kappa shape index (κ1) is 23.0. The fourth-order valence-electron chi connectivity index (χ4n) is 9.53. The summed E-state index contributed by atoms with van der Waals surface area (Å²) in [6, 6.07) is 37.1. The molecule has 1 N–H and O–H groups in total. The van der Waals surface area contributed by atoms with Gasteiger partial charge in [0.05, 0.1) is 13.0 Å². The number of methoxy groups -OCH3 is 1. The summed E-state index contributed by atoms with van der Waals surface area (Å²) < 4.78 is 5.74. The van der Waals surface area contributed by atoms with Gasteiger partial charge in [-0.2, -0.15) is 0 Å². The molecule has 6 atom stereocenters. The molecule has 39 heavy (non-hydrogen) atoms. The van der Waals surface area contributed by atoms with Crippen LogP contribution in [0, 0.1) is 17.3 Å². The van der Waals surface area contributed by atoms with Gasteiger partial charge in [-0.1, -0.05) is 111 Å². The van der Waals surface area contributed by atoms with E-state index in [-0.39, 0.29) is 11.7 Å². The van der Waals surface area contributed by atoms with Crippen LogP contribution in [0.5, 0.6) is 5.75 Å². The molecule has 4 bridgehead atoms. The summed E-state index contributed by atoms with van der Waals surface area (Å²) in [5.74, 6) is 0.138. The number of carbonyl (C=O) groups excluding carboxylic acids is 1. The molecule has 2 saturated carbocycles. The predicted octanol–water partition coefficient (Wildman–Crippen LogP) is 6.44. The van der Waals surface area contributed by atoms with Crippen molar-refractivity contribution in [3.63, 3.8) is 0 Å². The SMILES string of the molecule is COc1ccc2c(c1)[C@@]1(C)[C@@H]3C(=O)[C@@H]4[C@@]2(c2ccccc2)[C@]4(C)[C@@]1(O)C(c1ccccc1)=C3c1ccccc1. The van der Waals surface area contributed by atoms with Crippen molar-refractivity contribution in [2.75, 3.05) is 7.11 Å². The van der Waals surface area contributed by atoms with Crippen molar-refractivity contribution < 1.29 is 14.6 Å². The van der Waals surface area contributed by atoms with Crippen LogP contribution < -0.4 is 4.74 Å². The molecule has 192 valence electrons. The summed E-state index contributed by atoms with van der Waals surface area (Å²) in [6.45, 7) is 4.29. The largest absolute Gasteiger partial charge is 0.497 e. The maximum Gasteiger partial charge on any atom is 0.146 e. The van der Waals surface area contributed by atoms with Crippen LogP contribution in [0.1, 0.15) is 41.7 Å². The van der Waals surface area contributed by atoms with Crippen LogP contribution in [0.2, 0.25) is 0 Å². The summed E-state index contributed by atoms with van der Waals surface area (Å²) in [5.41, 5.74) is 3.56. The minimum Gasteiger partial charge on any atom is -0.497 e. The van der Waals surface area contributed by atoms with Crippen molar-refractivity contribution in [1.82, 2.24) is 0 Å². The number of rotatable bonds is 4. The maximum atomic E-state index is 15.0. The van der Waals surface area contributed by atoms with E-state index in [4.69, 9.17) is 4.74 Å². The molecule has 4 aromatic rings. The highest BCUT2D eigenvalue weighted by atomic mass is 16.5. The smallest absolute Gasteiger partial charge is 0.146 e. The van der Waals surface area contributed by atoms with Crippen molar-refractivity contribution in [3.8, 4) is 5.75 Å². The Morgan fingerprint density at radius 3 is 1.95 bits per heavy atom. The van der Waals surface area contributed by atoms with Crippen molar-refractivity contribution in [2.45, 2.75) is 30.3 Å². The Morgan fingerprint density at radius 2 is 1.33 bits per heavy atom. The fraction of sp³-hybridized carbons (Fsp3) is 0.250. The average Bonchev–Trinajstić information content (AvgIpc) is 3.55. The molecular formula is C36H30O3. The second-order valence-corrected chi connectivity index (χ2v) is 12.0. The van der Waals surface area contributed by atoms with Gasteiger partial charge in [0.1, 0.15) is 17.1 Å². The average molecular weight is 511 g/mol. The van der Waals surface area contributed by atoms with Crippen LogP contribution in [0.25, 0.3) is 11.1 Å². The van der Waals surface area contributed by atoms with Crippen molar-refractivity contribution in [2.24, 2.45) is 17.3 Å². The van der Waals surface area contributed by atoms with Crippen LogP contribution in [0.4, 0.5) is 0 Å². The molecule has 0 unspecified atom stereocenters. The molecule has 4 aliphatic rings. The molecule has 0 aliphatic heterocycles. The third-order valence-corrected chi connectivity index (χ3v) is 10.9. The molecule has 0 spiro atoms.